The second kappa shape index (κ2) is 8.30. The fourth-order valence-corrected chi connectivity index (χ4v) is 4.89. The first-order chi connectivity index (χ1) is 15.9. The molecule has 9 heteroatoms. The van der Waals surface area contributed by atoms with Crippen LogP contribution in [0.2, 0.25) is 0 Å². The number of H-pyrrole nitrogens is 1. The van der Waals surface area contributed by atoms with Gasteiger partial charge >= 0.3 is 0 Å². The molecular weight excluding hydrogens is 416 g/mol. The summed E-state index contributed by atoms with van der Waals surface area (Å²) in [6.45, 7) is 5.65. The molecule has 0 aliphatic carbocycles. The summed E-state index contributed by atoms with van der Waals surface area (Å²) >= 11 is 0. The van der Waals surface area contributed by atoms with Gasteiger partial charge in [-0.2, -0.15) is 5.10 Å². The van der Waals surface area contributed by atoms with Crippen LogP contribution in [0.25, 0.3) is 11.2 Å². The number of anilines is 3. The molecule has 5 rings (SSSR count). The molecule has 1 amide bonds. The van der Waals surface area contributed by atoms with Gasteiger partial charge in [0.25, 0.3) is 5.91 Å². The maximum Gasteiger partial charge on any atom is 0.253 e. The molecule has 0 atom stereocenters. The first-order valence-corrected chi connectivity index (χ1v) is 11.7. The molecule has 174 valence electrons. The molecular formula is C24H32N8O. The summed E-state index contributed by atoms with van der Waals surface area (Å²) in [5.41, 5.74) is 10.4. The highest BCUT2D eigenvalue weighted by atomic mass is 16.2. The lowest BCUT2D eigenvalue weighted by Gasteiger charge is -2.39. The van der Waals surface area contributed by atoms with E-state index in [4.69, 9.17) is 15.7 Å². The van der Waals surface area contributed by atoms with Gasteiger partial charge in [0.15, 0.2) is 17.0 Å². The number of rotatable bonds is 4. The van der Waals surface area contributed by atoms with Gasteiger partial charge in [-0.1, -0.05) is 13.0 Å². The quantitative estimate of drug-likeness (QED) is 0.632. The van der Waals surface area contributed by atoms with E-state index in [0.29, 0.717) is 12.2 Å². The third kappa shape index (κ3) is 3.80. The van der Waals surface area contributed by atoms with Crippen LogP contribution in [0.4, 0.5) is 17.3 Å². The van der Waals surface area contributed by atoms with Crippen molar-refractivity contribution in [2.24, 2.45) is 11.1 Å². The molecule has 9 nitrogen and oxygen atoms in total. The summed E-state index contributed by atoms with van der Waals surface area (Å²) in [5.74, 6) is 1.65. The zero-order chi connectivity index (χ0) is 23.2. The Morgan fingerprint density at radius 2 is 2.03 bits per heavy atom. The third-order valence-corrected chi connectivity index (χ3v) is 7.17. The van der Waals surface area contributed by atoms with Crippen LogP contribution in [0.15, 0.2) is 24.4 Å². The van der Waals surface area contributed by atoms with Crippen molar-refractivity contribution in [2.75, 3.05) is 50.1 Å². The van der Waals surface area contributed by atoms with Crippen LogP contribution in [0.5, 0.6) is 0 Å². The van der Waals surface area contributed by atoms with Crippen LogP contribution in [0.3, 0.4) is 0 Å². The summed E-state index contributed by atoms with van der Waals surface area (Å²) in [6.07, 6.45) is 5.77. The number of amides is 1. The minimum absolute atomic E-state index is 0.0253. The van der Waals surface area contributed by atoms with Crippen molar-refractivity contribution in [3.63, 3.8) is 0 Å². The van der Waals surface area contributed by atoms with Gasteiger partial charge < -0.3 is 20.4 Å². The highest BCUT2D eigenvalue weighted by Gasteiger charge is 2.30. The molecule has 3 N–H and O–H groups in total. The van der Waals surface area contributed by atoms with Gasteiger partial charge in [0.05, 0.1) is 6.20 Å². The van der Waals surface area contributed by atoms with E-state index in [9.17, 15) is 4.79 Å². The van der Waals surface area contributed by atoms with Gasteiger partial charge in [0.2, 0.25) is 0 Å². The average molecular weight is 449 g/mol. The zero-order valence-electron chi connectivity index (χ0n) is 19.6. The molecule has 33 heavy (non-hydrogen) atoms. The van der Waals surface area contributed by atoms with E-state index in [-0.39, 0.29) is 11.3 Å². The summed E-state index contributed by atoms with van der Waals surface area (Å²) in [4.78, 5) is 28.4. The molecule has 4 heterocycles. The molecule has 3 aromatic rings. The highest BCUT2D eigenvalue weighted by Crippen LogP contribution is 2.37. The van der Waals surface area contributed by atoms with Crippen LogP contribution < -0.4 is 15.5 Å². The summed E-state index contributed by atoms with van der Waals surface area (Å²) in [6, 6.07) is 5.91. The molecule has 2 aliphatic heterocycles. The van der Waals surface area contributed by atoms with Gasteiger partial charge in [0, 0.05) is 45.0 Å². The Morgan fingerprint density at radius 3 is 2.76 bits per heavy atom. The highest BCUT2D eigenvalue weighted by molar-refractivity contribution is 5.98. The molecule has 0 radical (unpaired) electrons. The second-order valence-corrected chi connectivity index (χ2v) is 9.73. The largest absolute Gasteiger partial charge is 0.355 e. The summed E-state index contributed by atoms with van der Waals surface area (Å²) in [7, 11) is 3.57. The molecule has 1 aromatic carbocycles. The first kappa shape index (κ1) is 21.6. The van der Waals surface area contributed by atoms with E-state index < -0.39 is 0 Å². The summed E-state index contributed by atoms with van der Waals surface area (Å²) in [5, 5.41) is 7.69. The molecule has 0 bridgehead atoms. The van der Waals surface area contributed by atoms with Crippen LogP contribution in [0.1, 0.15) is 42.1 Å². The molecule has 0 saturated carbocycles. The van der Waals surface area contributed by atoms with E-state index in [1.54, 1.807) is 19.0 Å². The second-order valence-electron chi connectivity index (χ2n) is 9.73. The Hall–Kier alpha value is -3.20. The Labute approximate surface area is 194 Å². The molecule has 1 fully saturated rings. The number of aromatic amines is 1. The number of aromatic nitrogens is 4. The predicted octanol–water partition coefficient (Wildman–Crippen LogP) is 2.70. The fourth-order valence-electron chi connectivity index (χ4n) is 4.89. The van der Waals surface area contributed by atoms with Crippen molar-refractivity contribution in [1.82, 2.24) is 25.1 Å². The molecule has 2 aliphatic rings. The first-order valence-electron chi connectivity index (χ1n) is 11.7. The number of nitrogens with one attached hydrogen (secondary N) is 1. The minimum Gasteiger partial charge on any atom is -0.355 e. The standard InChI is InChI=1S/C24H32N8O/c1-24(15-25)9-12-31(13-10-24)19-14-26-20-21(27-19)28-29-22(20)32-11-5-7-16-17(23(33)30(2)3)6-4-8-18(16)32/h4,6,8,14H,5,7,9-13,15,25H2,1-3H3,(H,27,28,29). The lowest BCUT2D eigenvalue weighted by atomic mass is 9.80. The number of fused-ring (bicyclic) bond motifs is 2. The number of nitrogens with two attached hydrogens (primary N) is 1. The maximum atomic E-state index is 12.7. The van der Waals surface area contributed by atoms with E-state index >= 15 is 0 Å². The van der Waals surface area contributed by atoms with Gasteiger partial charge in [-0.3, -0.25) is 9.89 Å². The molecule has 0 unspecified atom stereocenters. The number of benzene rings is 1. The van der Waals surface area contributed by atoms with E-state index in [2.05, 4.69) is 33.0 Å². The number of carbonyl (C=O) groups is 1. The molecule has 1 saturated heterocycles. The average Bonchev–Trinajstić information content (AvgIpc) is 3.26. The Bertz CT molecular complexity index is 1180. The lowest BCUT2D eigenvalue weighted by molar-refractivity contribution is 0.0826. The zero-order valence-corrected chi connectivity index (χ0v) is 19.6. The van der Waals surface area contributed by atoms with Gasteiger partial charge in [-0.05, 0) is 55.3 Å². The predicted molar refractivity (Wildman–Crippen MR) is 130 cm³/mol. The van der Waals surface area contributed by atoms with Gasteiger partial charge in [-0.15, -0.1) is 0 Å². The minimum atomic E-state index is 0.0253. The van der Waals surface area contributed by atoms with Crippen molar-refractivity contribution in [3.05, 3.63) is 35.5 Å². The van der Waals surface area contributed by atoms with Crippen LogP contribution in [-0.2, 0) is 6.42 Å². The lowest BCUT2D eigenvalue weighted by Crippen LogP contribution is -2.42. The SMILES string of the molecule is CN(C)C(=O)c1cccc2c1CCCN2c1n[nH]c2nc(N3CCC(C)(CN)CC3)cnc12. The van der Waals surface area contributed by atoms with E-state index in [1.165, 1.54) is 0 Å². The normalized spacial score (nSPS) is 17.8. The van der Waals surface area contributed by atoms with Crippen LogP contribution >= 0.6 is 0 Å². The van der Waals surface area contributed by atoms with Crippen molar-refractivity contribution in [2.45, 2.75) is 32.6 Å². The molecule has 2 aromatic heterocycles. The summed E-state index contributed by atoms with van der Waals surface area (Å²) < 4.78 is 0. The smallest absolute Gasteiger partial charge is 0.253 e. The number of hydrogen-bond acceptors (Lipinski definition) is 7. The van der Waals surface area contributed by atoms with Crippen molar-refractivity contribution in [3.8, 4) is 0 Å². The third-order valence-electron chi connectivity index (χ3n) is 7.17. The Kier molecular flexibility index (Phi) is 5.44. The Morgan fingerprint density at radius 1 is 1.24 bits per heavy atom. The van der Waals surface area contributed by atoms with Gasteiger partial charge in [-0.25, -0.2) is 9.97 Å². The van der Waals surface area contributed by atoms with Crippen molar-refractivity contribution >= 4 is 34.4 Å². The Balaban J connectivity index is 1.46. The maximum absolute atomic E-state index is 12.7. The number of nitrogens with zero attached hydrogens (tertiary/aromatic N) is 6. The van der Waals surface area contributed by atoms with Crippen LogP contribution in [0, 0.1) is 5.41 Å². The van der Waals surface area contributed by atoms with Gasteiger partial charge in [0.1, 0.15) is 5.82 Å². The van der Waals surface area contributed by atoms with Crippen molar-refractivity contribution in [1.29, 1.82) is 0 Å². The topological polar surface area (TPSA) is 107 Å². The number of carbonyl (C=O) groups excluding carboxylic acids is 1. The monoisotopic (exact) mass is 448 g/mol. The van der Waals surface area contributed by atoms with E-state index in [1.807, 2.05) is 18.3 Å². The fraction of sp³-hybridized carbons (Fsp3) is 0.500. The number of hydrogen-bond donors (Lipinski definition) is 2. The molecule has 0 spiro atoms. The van der Waals surface area contributed by atoms with Crippen LogP contribution in [-0.4, -0.2) is 71.2 Å². The van der Waals surface area contributed by atoms with Crippen molar-refractivity contribution < 1.29 is 4.79 Å². The van der Waals surface area contributed by atoms with E-state index in [0.717, 1.165) is 79.3 Å². The number of piperidine rings is 1.